The van der Waals surface area contributed by atoms with E-state index in [2.05, 4.69) is 9.73 Å². The number of rotatable bonds is 4. The van der Waals surface area contributed by atoms with Gasteiger partial charge in [-0.25, -0.2) is 14.2 Å². The Kier molecular flexibility index (Phi) is 6.06. The first-order valence-corrected chi connectivity index (χ1v) is 6.82. The van der Waals surface area contributed by atoms with Crippen molar-refractivity contribution < 1.29 is 27.1 Å². The molecule has 0 aliphatic rings. The van der Waals surface area contributed by atoms with Crippen LogP contribution in [0.25, 0.3) is 0 Å². The maximum atomic E-state index is 14.2. The third kappa shape index (κ3) is 4.64. The van der Waals surface area contributed by atoms with Gasteiger partial charge in [-0.1, -0.05) is 19.9 Å². The first-order chi connectivity index (χ1) is 10.6. The zero-order chi connectivity index (χ0) is 17.8. The summed E-state index contributed by atoms with van der Waals surface area (Å²) >= 11 is 0. The minimum Gasteiger partial charge on any atom is -0.465 e. The van der Waals surface area contributed by atoms with E-state index in [1.54, 1.807) is 13.8 Å². The number of carbonyl (C=O) groups is 1. The maximum Gasteiger partial charge on any atom is 0.433 e. The van der Waals surface area contributed by atoms with Crippen LogP contribution in [0.2, 0.25) is 0 Å². The Balaban J connectivity index is 3.40. The van der Waals surface area contributed by atoms with Crippen molar-refractivity contribution in [3.8, 4) is 0 Å². The Morgan fingerprint density at radius 2 is 1.91 bits per heavy atom. The monoisotopic (exact) mass is 331 g/mol. The molecule has 0 radical (unpaired) electrons. The van der Waals surface area contributed by atoms with Gasteiger partial charge in [0.15, 0.2) is 0 Å². The van der Waals surface area contributed by atoms with E-state index < -0.39 is 29.6 Å². The Bertz CT molecular complexity index is 646. The third-order valence-electron chi connectivity index (χ3n) is 3.02. The lowest BCUT2D eigenvalue weighted by Crippen LogP contribution is -2.17. The minimum absolute atomic E-state index is 0.0288. The second-order valence-corrected chi connectivity index (χ2v) is 5.01. The fraction of sp³-hybridized carbons (Fsp3) is 0.375. The Hall–Kier alpha value is -2.18. The molecule has 0 heterocycles. The smallest absolute Gasteiger partial charge is 0.433 e. The van der Waals surface area contributed by atoms with Gasteiger partial charge >= 0.3 is 12.1 Å². The molecular weight excluding hydrogens is 314 g/mol. The number of esters is 1. The summed E-state index contributed by atoms with van der Waals surface area (Å²) in [5.41, 5.74) is -1.27. The molecule has 7 heteroatoms. The molecular formula is C16H17F4NO2. The minimum atomic E-state index is -4.63. The SMILES string of the molecule is C/C=C(\N=C(c1ccc(C(=O)OC)cc1F)C(C)C)C(F)(F)F. The van der Waals surface area contributed by atoms with Crippen LogP contribution in [-0.4, -0.2) is 25.0 Å². The zero-order valence-corrected chi connectivity index (χ0v) is 13.2. The van der Waals surface area contributed by atoms with Crippen LogP contribution in [0.15, 0.2) is 35.0 Å². The van der Waals surface area contributed by atoms with Gasteiger partial charge < -0.3 is 4.74 Å². The molecule has 0 aliphatic carbocycles. The summed E-state index contributed by atoms with van der Waals surface area (Å²) in [7, 11) is 1.15. The number of alkyl halides is 3. The lowest BCUT2D eigenvalue weighted by atomic mass is 9.98. The first-order valence-electron chi connectivity index (χ1n) is 6.82. The molecule has 0 fully saturated rings. The molecule has 1 rings (SSSR count). The topological polar surface area (TPSA) is 38.7 Å². The van der Waals surface area contributed by atoms with Crippen molar-refractivity contribution in [2.75, 3.05) is 7.11 Å². The van der Waals surface area contributed by atoms with Crippen molar-refractivity contribution in [2.45, 2.75) is 26.9 Å². The average molecular weight is 331 g/mol. The van der Waals surface area contributed by atoms with E-state index in [0.29, 0.717) is 0 Å². The average Bonchev–Trinajstić information content (AvgIpc) is 2.46. The first kappa shape index (κ1) is 18.9. The van der Waals surface area contributed by atoms with Crippen molar-refractivity contribution in [3.63, 3.8) is 0 Å². The van der Waals surface area contributed by atoms with Crippen LogP contribution >= 0.6 is 0 Å². The number of hydrogen-bond acceptors (Lipinski definition) is 3. The Morgan fingerprint density at radius 3 is 2.30 bits per heavy atom. The van der Waals surface area contributed by atoms with Crippen LogP contribution in [0.3, 0.4) is 0 Å². The van der Waals surface area contributed by atoms with E-state index in [0.717, 1.165) is 19.3 Å². The summed E-state index contributed by atoms with van der Waals surface area (Å²) in [5, 5.41) is 0. The van der Waals surface area contributed by atoms with Crippen molar-refractivity contribution in [2.24, 2.45) is 10.9 Å². The number of ether oxygens (including phenoxy) is 1. The number of nitrogens with zero attached hydrogens (tertiary/aromatic N) is 1. The molecule has 23 heavy (non-hydrogen) atoms. The highest BCUT2D eigenvalue weighted by molar-refractivity contribution is 6.03. The highest BCUT2D eigenvalue weighted by Crippen LogP contribution is 2.28. The van der Waals surface area contributed by atoms with Crippen LogP contribution < -0.4 is 0 Å². The number of aliphatic imine (C=N–C) groups is 1. The van der Waals surface area contributed by atoms with Crippen molar-refractivity contribution in [3.05, 3.63) is 46.9 Å². The fourth-order valence-corrected chi connectivity index (χ4v) is 1.89. The molecule has 0 aliphatic heterocycles. The maximum absolute atomic E-state index is 14.2. The molecule has 0 amide bonds. The van der Waals surface area contributed by atoms with Gasteiger partial charge in [0, 0.05) is 5.56 Å². The summed E-state index contributed by atoms with van der Waals surface area (Å²) < 4.78 is 57.2. The standard InChI is InChI=1S/C16H17F4NO2/c1-5-13(16(18,19)20)21-14(9(2)3)11-7-6-10(8-12(11)17)15(22)23-4/h5-9H,1-4H3/b13-5-,21-14?. The lowest BCUT2D eigenvalue weighted by molar-refractivity contribution is -0.0924. The highest BCUT2D eigenvalue weighted by Gasteiger charge is 2.34. The second kappa shape index (κ2) is 7.39. The predicted molar refractivity (Wildman–Crippen MR) is 78.9 cm³/mol. The van der Waals surface area contributed by atoms with E-state index >= 15 is 0 Å². The Morgan fingerprint density at radius 1 is 1.30 bits per heavy atom. The van der Waals surface area contributed by atoms with Crippen molar-refractivity contribution in [1.82, 2.24) is 0 Å². The largest absolute Gasteiger partial charge is 0.465 e. The van der Waals surface area contributed by atoms with Gasteiger partial charge in [0.05, 0.1) is 18.4 Å². The Labute approximate surface area is 131 Å². The van der Waals surface area contributed by atoms with Crippen LogP contribution in [0.1, 0.15) is 36.7 Å². The number of benzene rings is 1. The van der Waals surface area contributed by atoms with E-state index in [-0.39, 0.29) is 16.8 Å². The highest BCUT2D eigenvalue weighted by atomic mass is 19.4. The summed E-state index contributed by atoms with van der Waals surface area (Å²) in [6.07, 6.45) is -3.81. The number of halogens is 4. The van der Waals surface area contributed by atoms with Gasteiger partial charge in [-0.2, -0.15) is 13.2 Å². The molecule has 0 aromatic heterocycles. The molecule has 1 aromatic rings. The molecule has 0 bridgehead atoms. The van der Waals surface area contributed by atoms with Crippen LogP contribution in [0.5, 0.6) is 0 Å². The van der Waals surface area contributed by atoms with Gasteiger partial charge in [-0.15, -0.1) is 0 Å². The number of methoxy groups -OCH3 is 1. The molecule has 0 atom stereocenters. The second-order valence-electron chi connectivity index (χ2n) is 5.01. The lowest BCUT2D eigenvalue weighted by Gasteiger charge is -2.15. The van der Waals surface area contributed by atoms with Crippen LogP contribution in [0.4, 0.5) is 17.6 Å². The molecule has 1 aromatic carbocycles. The van der Waals surface area contributed by atoms with Gasteiger partial charge in [0.1, 0.15) is 11.5 Å². The quantitative estimate of drug-likeness (QED) is 0.462. The van der Waals surface area contributed by atoms with Gasteiger partial charge in [-0.3, -0.25) is 0 Å². The van der Waals surface area contributed by atoms with E-state index in [1.807, 2.05) is 0 Å². The predicted octanol–water partition coefficient (Wildman–Crippen LogP) is 4.52. The molecule has 0 N–H and O–H groups in total. The molecule has 0 unspecified atom stereocenters. The van der Waals surface area contributed by atoms with Crippen molar-refractivity contribution in [1.29, 1.82) is 0 Å². The van der Waals surface area contributed by atoms with Gasteiger partial charge in [-0.05, 0) is 31.0 Å². The number of hydrogen-bond donors (Lipinski definition) is 0. The molecule has 3 nitrogen and oxygen atoms in total. The van der Waals surface area contributed by atoms with Gasteiger partial charge in [0.2, 0.25) is 0 Å². The van der Waals surface area contributed by atoms with E-state index in [1.165, 1.54) is 19.1 Å². The summed E-state index contributed by atoms with van der Waals surface area (Å²) in [5.74, 6) is -2.02. The molecule has 0 saturated carbocycles. The fourth-order valence-electron chi connectivity index (χ4n) is 1.89. The van der Waals surface area contributed by atoms with Crippen LogP contribution in [-0.2, 0) is 4.74 Å². The van der Waals surface area contributed by atoms with Crippen molar-refractivity contribution >= 4 is 11.7 Å². The molecule has 126 valence electrons. The van der Waals surface area contributed by atoms with E-state index in [4.69, 9.17) is 0 Å². The summed E-state index contributed by atoms with van der Waals surface area (Å²) in [6.45, 7) is 4.42. The van der Waals surface area contributed by atoms with Gasteiger partial charge in [0.25, 0.3) is 0 Å². The molecule has 0 spiro atoms. The number of allylic oxidation sites excluding steroid dienone is 2. The number of carbonyl (C=O) groups excluding carboxylic acids is 1. The van der Waals surface area contributed by atoms with Crippen LogP contribution in [0, 0.1) is 11.7 Å². The summed E-state index contributed by atoms with van der Waals surface area (Å²) in [4.78, 5) is 14.9. The summed E-state index contributed by atoms with van der Waals surface area (Å²) in [6, 6.07) is 3.43. The molecule has 0 saturated heterocycles. The zero-order valence-electron chi connectivity index (χ0n) is 13.2. The third-order valence-corrected chi connectivity index (χ3v) is 3.02. The normalized spacial score (nSPS) is 13.4. The van der Waals surface area contributed by atoms with E-state index in [9.17, 15) is 22.4 Å².